The van der Waals surface area contributed by atoms with Crippen LogP contribution in [0.2, 0.25) is 0 Å². The Morgan fingerprint density at radius 2 is 1.74 bits per heavy atom. The van der Waals surface area contributed by atoms with Crippen LogP contribution in [-0.4, -0.2) is 44.1 Å². The molecule has 3 aromatic carbocycles. The molecule has 0 aliphatic carbocycles. The number of halogens is 1. The monoisotopic (exact) mass is 513 g/mol. The lowest BCUT2D eigenvalue weighted by Crippen LogP contribution is -2.44. The van der Waals surface area contributed by atoms with Gasteiger partial charge < -0.3 is 15.0 Å². The Balaban J connectivity index is 1.27. The summed E-state index contributed by atoms with van der Waals surface area (Å²) in [4.78, 5) is 32.2. The van der Waals surface area contributed by atoms with Crippen molar-refractivity contribution in [2.24, 2.45) is 5.92 Å². The Morgan fingerprint density at radius 1 is 1.03 bits per heavy atom. The summed E-state index contributed by atoms with van der Waals surface area (Å²) in [6, 6.07) is 20.3. The second-order valence-corrected chi connectivity index (χ2v) is 9.46. The van der Waals surface area contributed by atoms with Crippen LogP contribution in [-0.2, 0) is 22.6 Å². The molecule has 194 valence electrons. The zero-order valence-corrected chi connectivity index (χ0v) is 21.0. The fraction of sp³-hybridized carbons (Fsp3) is 0.241. The lowest BCUT2D eigenvalue weighted by atomic mass is 9.94. The average Bonchev–Trinajstić information content (AvgIpc) is 3.58. The van der Waals surface area contributed by atoms with E-state index in [0.717, 1.165) is 6.42 Å². The third kappa shape index (κ3) is 6.05. The maximum atomic E-state index is 13.4. The predicted molar refractivity (Wildman–Crippen MR) is 140 cm³/mol. The summed E-state index contributed by atoms with van der Waals surface area (Å²) in [5.74, 6) is 0.464. The number of carbonyl (C=O) groups is 2. The van der Waals surface area contributed by atoms with E-state index in [2.05, 4.69) is 34.5 Å². The smallest absolute Gasteiger partial charge is 0.247 e. The van der Waals surface area contributed by atoms with Crippen LogP contribution in [0, 0.1) is 18.7 Å². The molecular formula is C29H28FN5O3. The van der Waals surface area contributed by atoms with Gasteiger partial charge in [-0.25, -0.2) is 14.1 Å². The minimum Gasteiger partial charge on any atom is -0.457 e. The molecule has 5 rings (SSSR count). The van der Waals surface area contributed by atoms with Crippen molar-refractivity contribution in [2.75, 3.05) is 11.9 Å². The van der Waals surface area contributed by atoms with Gasteiger partial charge in [0.25, 0.3) is 0 Å². The van der Waals surface area contributed by atoms with Crippen molar-refractivity contribution >= 4 is 17.5 Å². The number of benzene rings is 3. The van der Waals surface area contributed by atoms with E-state index in [-0.39, 0.29) is 30.1 Å². The first-order valence-electron chi connectivity index (χ1n) is 12.5. The van der Waals surface area contributed by atoms with Gasteiger partial charge in [-0.1, -0.05) is 24.3 Å². The van der Waals surface area contributed by atoms with Crippen molar-refractivity contribution in [1.29, 1.82) is 0 Å². The number of carbonyl (C=O) groups excluding carboxylic acids is 2. The molecule has 1 fully saturated rings. The van der Waals surface area contributed by atoms with E-state index in [0.29, 0.717) is 30.2 Å². The largest absolute Gasteiger partial charge is 0.457 e. The van der Waals surface area contributed by atoms with Crippen molar-refractivity contribution in [1.82, 2.24) is 19.7 Å². The van der Waals surface area contributed by atoms with Crippen molar-refractivity contribution in [3.05, 3.63) is 102 Å². The Bertz CT molecular complexity index is 1390. The van der Waals surface area contributed by atoms with Crippen molar-refractivity contribution in [3.63, 3.8) is 0 Å². The van der Waals surface area contributed by atoms with Gasteiger partial charge in [0.2, 0.25) is 11.8 Å². The normalized spacial score (nSPS) is 16.8. The van der Waals surface area contributed by atoms with Gasteiger partial charge in [-0.05, 0) is 85.3 Å². The Labute approximate surface area is 220 Å². The zero-order chi connectivity index (χ0) is 26.5. The SMILES string of the molecule is Cc1ccccc1C[C@@H]1C[C@@H](C(=O)Nc2ccc(Oc3ccc(F)cc3)cc2)N(C(=O)Cn2cncn2)C1. The molecule has 4 aromatic rings. The molecule has 9 heteroatoms. The van der Waals surface area contributed by atoms with Crippen LogP contribution < -0.4 is 10.1 Å². The fourth-order valence-corrected chi connectivity index (χ4v) is 4.76. The number of hydrogen-bond donors (Lipinski definition) is 1. The number of nitrogens with zero attached hydrogens (tertiary/aromatic N) is 4. The van der Waals surface area contributed by atoms with Crippen LogP contribution in [0.1, 0.15) is 17.5 Å². The number of anilines is 1. The Morgan fingerprint density at radius 3 is 2.42 bits per heavy atom. The van der Waals surface area contributed by atoms with E-state index in [1.807, 2.05) is 12.1 Å². The molecule has 1 N–H and O–H groups in total. The number of amides is 2. The van der Waals surface area contributed by atoms with Crippen LogP contribution in [0.15, 0.2) is 85.5 Å². The highest BCUT2D eigenvalue weighted by molar-refractivity contribution is 5.97. The average molecular weight is 514 g/mol. The van der Waals surface area contributed by atoms with Gasteiger partial charge in [0.1, 0.15) is 42.6 Å². The molecule has 1 aliphatic rings. The number of rotatable bonds is 8. The minimum absolute atomic E-state index is 0.0241. The zero-order valence-electron chi connectivity index (χ0n) is 21.0. The highest BCUT2D eigenvalue weighted by Crippen LogP contribution is 2.29. The van der Waals surface area contributed by atoms with Crippen LogP contribution in [0.5, 0.6) is 11.5 Å². The van der Waals surface area contributed by atoms with Gasteiger partial charge in [-0.3, -0.25) is 9.59 Å². The van der Waals surface area contributed by atoms with Gasteiger partial charge in [-0.2, -0.15) is 5.10 Å². The first-order chi connectivity index (χ1) is 18.4. The third-order valence-electron chi connectivity index (χ3n) is 6.72. The van der Waals surface area contributed by atoms with Crippen LogP contribution in [0.3, 0.4) is 0 Å². The van der Waals surface area contributed by atoms with Crippen LogP contribution in [0.4, 0.5) is 10.1 Å². The van der Waals surface area contributed by atoms with Gasteiger partial charge in [0, 0.05) is 12.2 Å². The van der Waals surface area contributed by atoms with E-state index >= 15 is 0 Å². The number of likely N-dealkylation sites (tertiary alicyclic amines) is 1. The van der Waals surface area contributed by atoms with Crippen molar-refractivity contribution in [3.8, 4) is 11.5 Å². The molecule has 1 aromatic heterocycles. The molecule has 2 heterocycles. The first-order valence-corrected chi connectivity index (χ1v) is 12.5. The number of aryl methyl sites for hydroxylation is 1. The summed E-state index contributed by atoms with van der Waals surface area (Å²) in [5.41, 5.74) is 3.01. The molecule has 0 spiro atoms. The van der Waals surface area contributed by atoms with E-state index < -0.39 is 6.04 Å². The Hall–Kier alpha value is -4.53. The molecule has 0 saturated carbocycles. The van der Waals surface area contributed by atoms with E-state index in [1.165, 1.54) is 40.6 Å². The van der Waals surface area contributed by atoms with Crippen LogP contribution in [0.25, 0.3) is 0 Å². The second kappa shape index (κ2) is 11.2. The third-order valence-corrected chi connectivity index (χ3v) is 6.72. The molecule has 1 saturated heterocycles. The quantitative estimate of drug-likeness (QED) is 0.372. The van der Waals surface area contributed by atoms with Crippen molar-refractivity contribution in [2.45, 2.75) is 32.4 Å². The molecule has 2 amide bonds. The van der Waals surface area contributed by atoms with Crippen molar-refractivity contribution < 1.29 is 18.7 Å². The molecule has 2 atom stereocenters. The maximum Gasteiger partial charge on any atom is 0.247 e. The van der Waals surface area contributed by atoms with Gasteiger partial charge in [0.05, 0.1) is 0 Å². The molecule has 38 heavy (non-hydrogen) atoms. The van der Waals surface area contributed by atoms with Gasteiger partial charge in [-0.15, -0.1) is 0 Å². The van der Waals surface area contributed by atoms with Gasteiger partial charge >= 0.3 is 0 Å². The summed E-state index contributed by atoms with van der Waals surface area (Å²) in [6.45, 7) is 2.59. The summed E-state index contributed by atoms with van der Waals surface area (Å²) >= 11 is 0. The lowest BCUT2D eigenvalue weighted by molar-refractivity contribution is -0.137. The molecular weight excluding hydrogens is 485 g/mol. The van der Waals surface area contributed by atoms with E-state index in [1.54, 1.807) is 41.3 Å². The lowest BCUT2D eigenvalue weighted by Gasteiger charge is -2.24. The highest BCUT2D eigenvalue weighted by atomic mass is 19.1. The molecule has 0 unspecified atom stereocenters. The van der Waals surface area contributed by atoms with Gasteiger partial charge in [0.15, 0.2) is 0 Å². The molecule has 8 nitrogen and oxygen atoms in total. The topological polar surface area (TPSA) is 89.4 Å². The molecule has 1 aliphatic heterocycles. The number of aromatic nitrogens is 3. The standard InChI is InChI=1S/C29H28FN5O3/c1-20-4-2-3-5-22(20)14-21-15-27(35(16-21)28(36)17-34-19-31-18-32-34)29(37)33-24-8-12-26(13-9-24)38-25-10-6-23(30)7-11-25/h2-13,18-19,21,27H,14-17H2,1H3,(H,33,37)/t21-,27+/m1/s1. The molecule has 0 radical (unpaired) electrons. The number of hydrogen-bond acceptors (Lipinski definition) is 5. The fourth-order valence-electron chi connectivity index (χ4n) is 4.76. The number of ether oxygens (including phenoxy) is 1. The summed E-state index contributed by atoms with van der Waals surface area (Å²) < 4.78 is 20.3. The first kappa shape index (κ1) is 25.1. The van der Waals surface area contributed by atoms with E-state index in [9.17, 15) is 14.0 Å². The Kier molecular flexibility index (Phi) is 7.44. The summed E-state index contributed by atoms with van der Waals surface area (Å²) in [6.07, 6.45) is 4.23. The highest BCUT2D eigenvalue weighted by Gasteiger charge is 2.39. The summed E-state index contributed by atoms with van der Waals surface area (Å²) in [7, 11) is 0. The maximum absolute atomic E-state index is 13.4. The summed E-state index contributed by atoms with van der Waals surface area (Å²) in [5, 5.41) is 6.98. The second-order valence-electron chi connectivity index (χ2n) is 9.46. The minimum atomic E-state index is -0.602. The molecule has 0 bridgehead atoms. The van der Waals surface area contributed by atoms with E-state index in [4.69, 9.17) is 4.74 Å². The predicted octanol–water partition coefficient (Wildman–Crippen LogP) is 4.62. The number of nitrogens with one attached hydrogen (secondary N) is 1. The van der Waals surface area contributed by atoms with Crippen LogP contribution >= 0.6 is 0 Å².